The first-order valence-electron chi connectivity index (χ1n) is 6.36. The standard InChI is InChI=1S/C14H18F3N/c1-3-14(4-2)9(7-12(14)18)8-5-10(15)13(17)11(16)6-8/h5-6,9,12H,3-4,7,18H2,1-2H3. The van der Waals surface area contributed by atoms with Crippen LogP contribution in [-0.4, -0.2) is 6.04 Å². The quantitative estimate of drug-likeness (QED) is 0.820. The van der Waals surface area contributed by atoms with Gasteiger partial charge in [0.05, 0.1) is 0 Å². The molecular weight excluding hydrogens is 239 g/mol. The van der Waals surface area contributed by atoms with Crippen molar-refractivity contribution in [3.05, 3.63) is 35.1 Å². The lowest BCUT2D eigenvalue weighted by Gasteiger charge is -2.55. The van der Waals surface area contributed by atoms with Gasteiger partial charge in [-0.2, -0.15) is 0 Å². The Morgan fingerprint density at radius 3 is 2.06 bits per heavy atom. The third kappa shape index (κ3) is 1.74. The van der Waals surface area contributed by atoms with E-state index in [1.165, 1.54) is 0 Å². The first kappa shape index (κ1) is 13.4. The topological polar surface area (TPSA) is 26.0 Å². The SMILES string of the molecule is CCC1(CC)C(N)CC1c1cc(F)c(F)c(F)c1. The molecule has 1 saturated carbocycles. The summed E-state index contributed by atoms with van der Waals surface area (Å²) in [5.41, 5.74) is 6.46. The van der Waals surface area contributed by atoms with Crippen LogP contribution in [0.1, 0.15) is 44.6 Å². The van der Waals surface area contributed by atoms with Crippen molar-refractivity contribution in [2.75, 3.05) is 0 Å². The molecule has 100 valence electrons. The summed E-state index contributed by atoms with van der Waals surface area (Å²) >= 11 is 0. The number of rotatable bonds is 3. The molecule has 1 aromatic carbocycles. The summed E-state index contributed by atoms with van der Waals surface area (Å²) in [4.78, 5) is 0. The van der Waals surface area contributed by atoms with Crippen LogP contribution in [0.15, 0.2) is 12.1 Å². The van der Waals surface area contributed by atoms with Crippen LogP contribution in [0.5, 0.6) is 0 Å². The predicted octanol–water partition coefficient (Wildman–Crippen LogP) is 3.72. The zero-order chi connectivity index (χ0) is 13.5. The van der Waals surface area contributed by atoms with Gasteiger partial charge in [-0.05, 0) is 48.3 Å². The lowest BCUT2D eigenvalue weighted by Crippen LogP contribution is -2.55. The van der Waals surface area contributed by atoms with Gasteiger partial charge in [-0.3, -0.25) is 0 Å². The van der Waals surface area contributed by atoms with E-state index in [0.29, 0.717) is 12.0 Å². The van der Waals surface area contributed by atoms with Gasteiger partial charge in [0.25, 0.3) is 0 Å². The van der Waals surface area contributed by atoms with Gasteiger partial charge in [0.1, 0.15) is 0 Å². The van der Waals surface area contributed by atoms with Crippen molar-refractivity contribution in [3.63, 3.8) is 0 Å². The summed E-state index contributed by atoms with van der Waals surface area (Å²) in [6.07, 6.45) is 2.41. The van der Waals surface area contributed by atoms with Crippen LogP contribution in [0.3, 0.4) is 0 Å². The molecular formula is C14H18F3N. The minimum absolute atomic E-state index is 0.0205. The van der Waals surface area contributed by atoms with Gasteiger partial charge in [0.2, 0.25) is 0 Å². The van der Waals surface area contributed by atoms with Crippen LogP contribution in [0.4, 0.5) is 13.2 Å². The summed E-state index contributed by atoms with van der Waals surface area (Å²) in [5, 5.41) is 0. The highest BCUT2D eigenvalue weighted by atomic mass is 19.2. The second-order valence-electron chi connectivity index (χ2n) is 5.13. The van der Waals surface area contributed by atoms with Crippen molar-refractivity contribution in [2.45, 2.75) is 45.1 Å². The van der Waals surface area contributed by atoms with Gasteiger partial charge < -0.3 is 5.73 Å². The van der Waals surface area contributed by atoms with E-state index in [4.69, 9.17) is 5.73 Å². The average Bonchev–Trinajstić information content (AvgIpc) is 2.34. The summed E-state index contributed by atoms with van der Waals surface area (Å²) in [5.74, 6) is -3.62. The van der Waals surface area contributed by atoms with Crippen LogP contribution in [0.2, 0.25) is 0 Å². The lowest BCUT2D eigenvalue weighted by atomic mass is 9.52. The zero-order valence-corrected chi connectivity index (χ0v) is 10.6. The van der Waals surface area contributed by atoms with Crippen LogP contribution >= 0.6 is 0 Å². The fourth-order valence-corrected chi connectivity index (χ4v) is 3.33. The summed E-state index contributed by atoms with van der Waals surface area (Å²) in [6, 6.07) is 2.26. The molecule has 0 bridgehead atoms. The van der Waals surface area contributed by atoms with Gasteiger partial charge in [-0.25, -0.2) is 13.2 Å². The van der Waals surface area contributed by atoms with Crippen molar-refractivity contribution in [2.24, 2.45) is 11.1 Å². The van der Waals surface area contributed by atoms with Crippen molar-refractivity contribution < 1.29 is 13.2 Å². The molecule has 0 spiro atoms. The molecule has 0 heterocycles. The molecule has 1 aliphatic carbocycles. The highest BCUT2D eigenvalue weighted by Crippen LogP contribution is 2.56. The van der Waals surface area contributed by atoms with E-state index in [-0.39, 0.29) is 17.4 Å². The Labute approximate surface area is 105 Å². The fourth-order valence-electron chi connectivity index (χ4n) is 3.33. The number of benzene rings is 1. The predicted molar refractivity (Wildman–Crippen MR) is 64.7 cm³/mol. The minimum Gasteiger partial charge on any atom is -0.327 e. The van der Waals surface area contributed by atoms with Crippen LogP contribution < -0.4 is 5.73 Å². The van der Waals surface area contributed by atoms with Crippen molar-refractivity contribution >= 4 is 0 Å². The average molecular weight is 257 g/mol. The molecule has 1 aliphatic rings. The second kappa shape index (κ2) is 4.57. The first-order chi connectivity index (χ1) is 8.46. The Morgan fingerprint density at radius 2 is 1.67 bits per heavy atom. The van der Waals surface area contributed by atoms with Crippen molar-refractivity contribution in [1.82, 2.24) is 0 Å². The summed E-state index contributed by atoms with van der Waals surface area (Å²) < 4.78 is 39.5. The van der Waals surface area contributed by atoms with Crippen LogP contribution in [0.25, 0.3) is 0 Å². The largest absolute Gasteiger partial charge is 0.327 e. The Hall–Kier alpha value is -1.03. The molecule has 0 aliphatic heterocycles. The highest BCUT2D eigenvalue weighted by Gasteiger charge is 2.51. The summed E-state index contributed by atoms with van der Waals surface area (Å²) in [7, 11) is 0. The van der Waals surface area contributed by atoms with E-state index >= 15 is 0 Å². The van der Waals surface area contributed by atoms with Crippen molar-refractivity contribution in [1.29, 1.82) is 0 Å². The first-order valence-corrected chi connectivity index (χ1v) is 6.36. The normalized spacial score (nSPS) is 25.9. The van der Waals surface area contributed by atoms with E-state index in [0.717, 1.165) is 25.0 Å². The van der Waals surface area contributed by atoms with Crippen LogP contribution in [-0.2, 0) is 0 Å². The monoisotopic (exact) mass is 257 g/mol. The molecule has 0 amide bonds. The molecule has 1 fully saturated rings. The van der Waals surface area contributed by atoms with Gasteiger partial charge in [0, 0.05) is 6.04 Å². The Kier molecular flexibility index (Phi) is 3.41. The van der Waals surface area contributed by atoms with Gasteiger partial charge in [-0.1, -0.05) is 13.8 Å². The van der Waals surface area contributed by atoms with Gasteiger partial charge in [-0.15, -0.1) is 0 Å². The maximum absolute atomic E-state index is 13.3. The van der Waals surface area contributed by atoms with E-state index < -0.39 is 17.5 Å². The Morgan fingerprint density at radius 1 is 1.17 bits per heavy atom. The third-order valence-corrected chi connectivity index (χ3v) is 4.65. The molecule has 2 rings (SSSR count). The number of nitrogens with two attached hydrogens (primary N) is 1. The number of halogens is 3. The van der Waals surface area contributed by atoms with E-state index in [1.54, 1.807) is 0 Å². The molecule has 0 saturated heterocycles. The molecule has 1 aromatic rings. The van der Waals surface area contributed by atoms with Crippen LogP contribution in [0, 0.1) is 22.9 Å². The molecule has 18 heavy (non-hydrogen) atoms. The Balaban J connectivity index is 2.39. The molecule has 1 nitrogen and oxygen atoms in total. The second-order valence-corrected chi connectivity index (χ2v) is 5.13. The highest BCUT2D eigenvalue weighted by molar-refractivity contribution is 5.30. The smallest absolute Gasteiger partial charge is 0.194 e. The molecule has 0 radical (unpaired) electrons. The van der Waals surface area contributed by atoms with E-state index in [2.05, 4.69) is 0 Å². The molecule has 2 atom stereocenters. The fraction of sp³-hybridized carbons (Fsp3) is 0.571. The number of hydrogen-bond acceptors (Lipinski definition) is 1. The third-order valence-electron chi connectivity index (χ3n) is 4.65. The van der Waals surface area contributed by atoms with Gasteiger partial charge in [0.15, 0.2) is 17.5 Å². The lowest BCUT2D eigenvalue weighted by molar-refractivity contribution is 0.0433. The van der Waals surface area contributed by atoms with E-state index in [1.807, 2.05) is 13.8 Å². The van der Waals surface area contributed by atoms with Crippen molar-refractivity contribution in [3.8, 4) is 0 Å². The summed E-state index contributed by atoms with van der Waals surface area (Å²) in [6.45, 7) is 4.07. The minimum atomic E-state index is -1.40. The maximum Gasteiger partial charge on any atom is 0.194 e. The zero-order valence-electron chi connectivity index (χ0n) is 10.6. The molecule has 2 unspecified atom stereocenters. The number of hydrogen-bond donors (Lipinski definition) is 1. The molecule has 2 N–H and O–H groups in total. The van der Waals surface area contributed by atoms with Gasteiger partial charge >= 0.3 is 0 Å². The molecule has 0 aromatic heterocycles. The Bertz CT molecular complexity index is 431. The maximum atomic E-state index is 13.3. The molecule has 4 heteroatoms. The van der Waals surface area contributed by atoms with E-state index in [9.17, 15) is 13.2 Å².